The molecule has 2 aliphatic heterocycles. The summed E-state index contributed by atoms with van der Waals surface area (Å²) in [6, 6.07) is 13.9. The summed E-state index contributed by atoms with van der Waals surface area (Å²) in [4.78, 5) is 28.0. The Morgan fingerprint density at radius 3 is 2.48 bits per heavy atom. The number of anilines is 1. The Kier molecular flexibility index (Phi) is 8.17. The van der Waals surface area contributed by atoms with E-state index in [4.69, 9.17) is 4.74 Å². The first-order chi connectivity index (χ1) is 21.0. The number of hydrogen-bond acceptors (Lipinski definition) is 7. The lowest BCUT2D eigenvalue weighted by molar-refractivity contribution is -0.0665. The number of nitrogens with one attached hydrogen (secondary N) is 1. The van der Waals surface area contributed by atoms with Gasteiger partial charge in [0.2, 0.25) is 11.8 Å². The van der Waals surface area contributed by atoms with E-state index < -0.39 is 10.0 Å². The van der Waals surface area contributed by atoms with Crippen LogP contribution >= 0.6 is 0 Å². The van der Waals surface area contributed by atoms with Crippen molar-refractivity contribution in [1.29, 1.82) is 0 Å². The average molecular weight is 618 g/mol. The van der Waals surface area contributed by atoms with Gasteiger partial charge < -0.3 is 14.5 Å². The third-order valence-electron chi connectivity index (χ3n) is 9.67. The number of nitrogens with zero attached hydrogens (tertiary/aromatic N) is 4. The number of carbonyl (C=O) groups excluding carboxylic acids is 1. The Morgan fingerprint density at radius 2 is 1.77 bits per heavy atom. The lowest BCUT2D eigenvalue weighted by atomic mass is 9.66. The molecule has 1 aliphatic carbocycles. The highest BCUT2D eigenvalue weighted by atomic mass is 32.2. The number of sulfonamides is 1. The number of hydrogen-bond donors (Lipinski definition) is 1. The second-order valence-electron chi connectivity index (χ2n) is 13.3. The number of likely N-dealkylation sites (tertiary alicyclic amines) is 1. The van der Waals surface area contributed by atoms with Gasteiger partial charge in [0.05, 0.1) is 16.6 Å². The molecule has 9 nitrogen and oxygen atoms in total. The quantitative estimate of drug-likeness (QED) is 0.393. The third-order valence-corrected chi connectivity index (χ3v) is 11.0. The Labute approximate surface area is 261 Å². The van der Waals surface area contributed by atoms with Crippen LogP contribution in [0.4, 0.5) is 5.95 Å². The van der Waals surface area contributed by atoms with Crippen LogP contribution in [-0.4, -0.2) is 71.9 Å². The molecule has 6 rings (SSSR count). The first-order valence-electron chi connectivity index (χ1n) is 15.7. The van der Waals surface area contributed by atoms with Crippen molar-refractivity contribution in [3.8, 4) is 17.1 Å². The molecular formula is C34H43N5O4S. The Balaban J connectivity index is 1.45. The normalized spacial score (nSPS) is 25.3. The van der Waals surface area contributed by atoms with Gasteiger partial charge in [-0.05, 0) is 94.8 Å². The number of carbonyl (C=O) groups is 1. The fraction of sp³-hybridized carbons (Fsp3) is 0.500. The molecule has 1 saturated heterocycles. The zero-order chi connectivity index (χ0) is 31.2. The van der Waals surface area contributed by atoms with Crippen molar-refractivity contribution < 1.29 is 17.9 Å². The van der Waals surface area contributed by atoms with Gasteiger partial charge in [0.1, 0.15) is 6.61 Å². The summed E-state index contributed by atoms with van der Waals surface area (Å²) in [6.07, 6.45) is 6.08. The number of rotatable bonds is 4. The topological polar surface area (TPSA) is 105 Å². The van der Waals surface area contributed by atoms with Crippen LogP contribution in [0.15, 0.2) is 53.4 Å². The van der Waals surface area contributed by atoms with Gasteiger partial charge in [-0.3, -0.25) is 4.79 Å². The van der Waals surface area contributed by atoms with Crippen molar-refractivity contribution in [3.63, 3.8) is 0 Å². The lowest BCUT2D eigenvalue weighted by Crippen LogP contribution is -2.66. The van der Waals surface area contributed by atoms with Crippen LogP contribution in [0.3, 0.4) is 0 Å². The number of benzene rings is 2. The summed E-state index contributed by atoms with van der Waals surface area (Å²) in [7, 11) is -1.90. The van der Waals surface area contributed by atoms with Crippen LogP contribution in [0.1, 0.15) is 73.9 Å². The van der Waals surface area contributed by atoms with E-state index in [0.717, 1.165) is 48.9 Å². The first-order valence-corrected chi connectivity index (χ1v) is 17.2. The van der Waals surface area contributed by atoms with Gasteiger partial charge in [-0.1, -0.05) is 44.5 Å². The van der Waals surface area contributed by atoms with Gasteiger partial charge in [0.25, 0.3) is 15.9 Å². The highest BCUT2D eigenvalue weighted by Crippen LogP contribution is 2.47. The summed E-state index contributed by atoms with van der Waals surface area (Å²) in [5, 5.41) is 0. The molecule has 1 spiro atoms. The molecule has 0 unspecified atom stereocenters. The maximum Gasteiger partial charge on any atom is 0.264 e. The van der Waals surface area contributed by atoms with E-state index in [1.165, 1.54) is 25.0 Å². The smallest absolute Gasteiger partial charge is 0.264 e. The minimum Gasteiger partial charge on any atom is -0.475 e. The van der Waals surface area contributed by atoms with Crippen molar-refractivity contribution in [2.24, 2.45) is 5.92 Å². The third kappa shape index (κ3) is 5.81. The molecule has 2 fully saturated rings. The number of aryl methyl sites for hydroxylation is 2. The zero-order valence-corrected chi connectivity index (χ0v) is 27.2. The molecule has 1 aromatic heterocycles. The lowest BCUT2D eigenvalue weighted by Gasteiger charge is -2.59. The number of fused-ring (bicyclic) bond motifs is 4. The molecule has 3 heterocycles. The van der Waals surface area contributed by atoms with E-state index in [-0.39, 0.29) is 46.9 Å². The molecule has 1 amide bonds. The monoisotopic (exact) mass is 617 g/mol. The maximum absolute atomic E-state index is 14.4. The van der Waals surface area contributed by atoms with Crippen molar-refractivity contribution in [3.05, 3.63) is 65.2 Å². The summed E-state index contributed by atoms with van der Waals surface area (Å²) in [6.45, 7) is 9.61. The van der Waals surface area contributed by atoms with Gasteiger partial charge in [-0.2, -0.15) is 4.98 Å². The number of amides is 1. The highest BCUT2D eigenvalue weighted by molar-refractivity contribution is 7.92. The second-order valence-corrected chi connectivity index (χ2v) is 15.0. The average Bonchev–Trinajstić information content (AvgIpc) is 2.95. The molecule has 3 aromatic rings. The minimum absolute atomic E-state index is 0.0106. The van der Waals surface area contributed by atoms with Crippen molar-refractivity contribution in [2.75, 3.05) is 24.9 Å². The van der Waals surface area contributed by atoms with Gasteiger partial charge in [0.15, 0.2) is 0 Å². The summed E-state index contributed by atoms with van der Waals surface area (Å²) in [5.41, 5.74) is 3.96. The van der Waals surface area contributed by atoms with Crippen molar-refractivity contribution in [1.82, 2.24) is 19.8 Å². The largest absolute Gasteiger partial charge is 0.475 e. The SMILES string of the molecule is Cc1cccc(C)c1-c1cc2nc(n1)NS(=O)(=O)c1cccc(c1)C(=O)N(C1CC3(CCCCN3C)C1)[C@H](CC(C)C)CO2. The molecule has 1 saturated carbocycles. The fourth-order valence-electron chi connectivity index (χ4n) is 7.39. The van der Waals surface area contributed by atoms with Crippen LogP contribution in [0.2, 0.25) is 0 Å². The zero-order valence-electron chi connectivity index (χ0n) is 26.3. The van der Waals surface area contributed by atoms with E-state index in [9.17, 15) is 13.2 Å². The van der Waals surface area contributed by atoms with Gasteiger partial charge in [-0.15, -0.1) is 0 Å². The molecule has 1 atom stereocenters. The number of aromatic nitrogens is 2. The molecule has 234 valence electrons. The van der Waals surface area contributed by atoms with Gasteiger partial charge >= 0.3 is 0 Å². The van der Waals surface area contributed by atoms with E-state index in [2.05, 4.69) is 40.5 Å². The van der Waals surface area contributed by atoms with Crippen LogP contribution < -0.4 is 9.46 Å². The van der Waals surface area contributed by atoms with E-state index in [0.29, 0.717) is 17.2 Å². The van der Waals surface area contributed by atoms with Gasteiger partial charge in [-0.25, -0.2) is 18.1 Å². The Morgan fingerprint density at radius 1 is 1.05 bits per heavy atom. The molecule has 3 aliphatic rings. The Hall–Kier alpha value is -3.50. The van der Waals surface area contributed by atoms with Crippen LogP contribution in [0.5, 0.6) is 5.88 Å². The number of piperidine rings is 1. The predicted molar refractivity (Wildman–Crippen MR) is 171 cm³/mol. The minimum atomic E-state index is -4.10. The highest BCUT2D eigenvalue weighted by Gasteiger charge is 2.52. The van der Waals surface area contributed by atoms with E-state index in [1.807, 2.05) is 36.9 Å². The Bertz CT molecular complexity index is 1650. The maximum atomic E-state index is 14.4. The molecule has 2 aromatic carbocycles. The fourth-order valence-corrected chi connectivity index (χ4v) is 8.38. The molecular weight excluding hydrogens is 574 g/mol. The van der Waals surface area contributed by atoms with Crippen molar-refractivity contribution in [2.45, 2.75) is 88.7 Å². The molecule has 1 N–H and O–H groups in total. The first kappa shape index (κ1) is 30.5. The standard InChI is InChI=1S/C34H43N5O4S/c1-22(2)16-26-21-43-30-18-29(31-23(3)10-8-11-24(31)4)35-33(36-30)37-44(41,42)28-13-9-12-25(17-28)32(40)39(26)27-19-34(20-27)14-6-7-15-38(34)5/h8-13,17-18,22,26-27H,6-7,14-16,19-21H2,1-5H3,(H,35,36,37)/t26-,27?,34?/m1/s1. The predicted octanol–water partition coefficient (Wildman–Crippen LogP) is 5.83. The molecule has 4 bridgehead atoms. The molecule has 44 heavy (non-hydrogen) atoms. The summed E-state index contributed by atoms with van der Waals surface area (Å²) < 4.78 is 36.2. The molecule has 10 heteroatoms. The van der Waals surface area contributed by atoms with Crippen molar-refractivity contribution >= 4 is 21.9 Å². The van der Waals surface area contributed by atoms with Crippen LogP contribution in [-0.2, 0) is 10.0 Å². The van der Waals surface area contributed by atoms with E-state index in [1.54, 1.807) is 18.2 Å². The van der Waals surface area contributed by atoms with Crippen LogP contribution in [0, 0.1) is 19.8 Å². The van der Waals surface area contributed by atoms with Crippen LogP contribution in [0.25, 0.3) is 11.3 Å². The second kappa shape index (κ2) is 11.8. The summed E-state index contributed by atoms with van der Waals surface area (Å²) >= 11 is 0. The van der Waals surface area contributed by atoms with Gasteiger partial charge in [0, 0.05) is 28.8 Å². The summed E-state index contributed by atoms with van der Waals surface area (Å²) in [5.74, 6) is 0.331. The molecule has 0 radical (unpaired) electrons. The van der Waals surface area contributed by atoms with E-state index >= 15 is 0 Å². The number of ether oxygens (including phenoxy) is 1.